The second-order valence-corrected chi connectivity index (χ2v) is 34.1. The summed E-state index contributed by atoms with van der Waals surface area (Å²) >= 11 is 0. The van der Waals surface area contributed by atoms with Gasteiger partial charge in [0.05, 0.1) is 64.9 Å². The van der Waals surface area contributed by atoms with Gasteiger partial charge in [-0.1, -0.05) is 310 Å². The van der Waals surface area contributed by atoms with E-state index >= 15 is 0 Å². The third kappa shape index (κ3) is 85.8. The Morgan fingerprint density at radius 1 is 0.304 bits per heavy atom. The summed E-state index contributed by atoms with van der Waals surface area (Å²) in [6, 6.07) is -1.74. The smallest absolute Gasteiger partial charge is 0.756 e. The van der Waals surface area contributed by atoms with E-state index in [0.29, 0.717) is 64.2 Å². The van der Waals surface area contributed by atoms with Gasteiger partial charge in [0.15, 0.2) is 0 Å². The zero-order chi connectivity index (χ0) is 82.9. The van der Waals surface area contributed by atoms with E-state index in [1.165, 1.54) is 167 Å². The van der Waals surface area contributed by atoms with Crippen LogP contribution in [0.4, 0.5) is 0 Å². The molecule has 6 unspecified atom stereocenters. The second-order valence-electron chi connectivity index (χ2n) is 31.3. The molecule has 0 aliphatic carbocycles. The molecule has 26 heteroatoms. The maximum atomic E-state index is 13.3. The first-order valence-electron chi connectivity index (χ1n) is 46.1. The van der Waals surface area contributed by atoms with Crippen LogP contribution < -0.4 is 90.2 Å². The first-order chi connectivity index (χ1) is 54.9. The van der Waals surface area contributed by atoms with Gasteiger partial charge in [-0.3, -0.25) is 37.9 Å². The molecule has 0 aliphatic heterocycles. The number of amides is 4. The number of phosphoric acid groups is 2. The Balaban J connectivity index is -0.0000627. The summed E-state index contributed by atoms with van der Waals surface area (Å²) in [6.45, 7) is 10.7. The molecule has 115 heavy (non-hydrogen) atoms. The van der Waals surface area contributed by atoms with Crippen LogP contribution in [0.25, 0.3) is 0 Å². The molecule has 0 heterocycles. The van der Waals surface area contributed by atoms with E-state index in [1.54, 1.807) is 0 Å². The fraction of sp³-hybridized carbons (Fsp3) is 0.888. The Kier molecular flexibility index (Phi) is 90.7. The number of unbranched alkanes of at least 4 members (excludes halogenated alkanes) is 42. The van der Waals surface area contributed by atoms with Crippen molar-refractivity contribution >= 4 is 51.2 Å². The molecular weight excluding hydrogens is 1520 g/mol. The SMILES string of the molecule is CCCCCC/C=C\CCCC(=O)OC(CCCCCCC)CCOCC(COP(=O)([O-])OCCNC(=O)CC(=O)NCCOP(=O)([O-])OCC(COCCC(CCCCCCC)OC(=O)CCC/C=C\CCCCCC)NC(=O)CCCCCCCCCCCCCCC)NC(=O)CCCCCCCCCCCCCCC.[Na+].[Na+]. The Bertz CT molecular complexity index is 2250. The van der Waals surface area contributed by atoms with Gasteiger partial charge in [-0.25, -0.2) is 0 Å². The van der Waals surface area contributed by atoms with E-state index in [9.17, 15) is 47.7 Å². The van der Waals surface area contributed by atoms with Crippen molar-refractivity contribution in [2.24, 2.45) is 0 Å². The molecule has 4 amide bonds. The summed E-state index contributed by atoms with van der Waals surface area (Å²) in [7, 11) is -9.99. The van der Waals surface area contributed by atoms with Crippen LogP contribution in [0.1, 0.15) is 420 Å². The molecule has 0 aliphatic rings. The molecule has 0 aromatic heterocycles. The largest absolute Gasteiger partial charge is 1.00 e. The fourth-order valence-electron chi connectivity index (χ4n) is 13.3. The quantitative estimate of drug-likeness (QED) is 0.0110. The number of allylic oxidation sites excluding steroid dienone is 4. The number of carbonyl (C=O) groups excluding carboxylic acids is 6. The van der Waals surface area contributed by atoms with Crippen LogP contribution >= 0.6 is 15.6 Å². The number of carbonyl (C=O) groups is 6. The van der Waals surface area contributed by atoms with Crippen LogP contribution in [0.5, 0.6) is 0 Å². The second kappa shape index (κ2) is 88.7. The van der Waals surface area contributed by atoms with E-state index in [-0.39, 0.29) is 147 Å². The van der Waals surface area contributed by atoms with Gasteiger partial charge in [0.2, 0.25) is 23.6 Å². The van der Waals surface area contributed by atoms with Crippen molar-refractivity contribution in [3.63, 3.8) is 0 Å². The first-order valence-corrected chi connectivity index (χ1v) is 49.0. The van der Waals surface area contributed by atoms with E-state index in [1.807, 2.05) is 0 Å². The van der Waals surface area contributed by atoms with E-state index in [0.717, 1.165) is 128 Å². The summed E-state index contributed by atoms with van der Waals surface area (Å²) in [5.74, 6) is -2.57. The van der Waals surface area contributed by atoms with E-state index in [2.05, 4.69) is 87.1 Å². The fourth-order valence-corrected chi connectivity index (χ4v) is 14.8. The van der Waals surface area contributed by atoms with Crippen molar-refractivity contribution in [2.75, 3.05) is 65.9 Å². The number of hydrogen-bond acceptors (Lipinski definition) is 18. The minimum Gasteiger partial charge on any atom is -0.756 e. The van der Waals surface area contributed by atoms with E-state index in [4.69, 9.17) is 37.0 Å². The molecule has 0 saturated carbocycles. The van der Waals surface area contributed by atoms with Gasteiger partial charge in [0.1, 0.15) is 18.6 Å². The van der Waals surface area contributed by atoms with Crippen molar-refractivity contribution in [3.05, 3.63) is 24.3 Å². The van der Waals surface area contributed by atoms with Crippen molar-refractivity contribution in [1.29, 1.82) is 0 Å². The van der Waals surface area contributed by atoms with Gasteiger partial charge in [0.25, 0.3) is 15.6 Å². The van der Waals surface area contributed by atoms with Crippen molar-refractivity contribution in [2.45, 2.75) is 445 Å². The molecule has 0 saturated heterocycles. The number of rotatable bonds is 88. The van der Waals surface area contributed by atoms with Gasteiger partial charge < -0.3 is 68.1 Å². The molecule has 4 N–H and O–H groups in total. The summed E-state index contributed by atoms with van der Waals surface area (Å²) in [4.78, 5) is 104. The average Bonchev–Trinajstić information content (AvgIpc) is 0.911. The van der Waals surface area contributed by atoms with Crippen LogP contribution in [0, 0.1) is 0 Å². The van der Waals surface area contributed by atoms with Crippen LogP contribution in [-0.4, -0.2) is 126 Å². The topological polar surface area (TPSA) is 305 Å². The Hall–Kier alpha value is -1.56. The summed E-state index contributed by atoms with van der Waals surface area (Å²) in [5.41, 5.74) is 0. The minimum absolute atomic E-state index is 0. The van der Waals surface area contributed by atoms with Crippen LogP contribution in [0.3, 0.4) is 0 Å². The standard InChI is InChI=1S/C89H170N4O18P2.2Na/c1-7-13-19-25-29-33-35-37-39-43-45-51-57-63-84(94)92-80(76-104-71-67-82(61-55-49-23-17-11-5)110-88(98)65-59-53-47-41-31-27-21-15-9-3)78-108-112(100,101)106-73-69-90-86(96)75-87(97)91-70-74-107-113(102,103)109-79-81(93-85(95)64-58-52-46-44-40-38-36-34-30-26-20-14-8-2)77-105-72-68-83(62-56-50-24-18-12-6)111-89(99)66-60-54-48-42-32-28-22-16-10-4;;/h41-42,47-48,80-83H,7-40,43-46,49-79H2,1-6H3,(H,90,96)(H,91,97)(H,92,94)(H,93,95)(H,100,101)(H,102,103);;/q;2*+1/p-2/b47-41-,48-42-;;. The summed E-state index contributed by atoms with van der Waals surface area (Å²) < 4.78 is 70.8. The van der Waals surface area contributed by atoms with E-state index < -0.39 is 72.4 Å². The van der Waals surface area contributed by atoms with Crippen LogP contribution in [0.15, 0.2) is 24.3 Å². The minimum atomic E-state index is -4.99. The molecule has 0 rings (SSSR count). The zero-order valence-electron chi connectivity index (χ0n) is 74.7. The Labute approximate surface area is 745 Å². The van der Waals surface area contributed by atoms with Crippen molar-refractivity contribution in [3.8, 4) is 0 Å². The van der Waals surface area contributed by atoms with Gasteiger partial charge in [-0.05, 0) is 89.9 Å². The Morgan fingerprint density at radius 3 is 0.878 bits per heavy atom. The van der Waals surface area contributed by atoms with Crippen LogP contribution in [0.2, 0.25) is 0 Å². The molecule has 6 atom stereocenters. The molecule has 0 aromatic rings. The number of phosphoric ester groups is 2. The molecule has 0 aromatic carbocycles. The van der Waals surface area contributed by atoms with Gasteiger partial charge >= 0.3 is 71.1 Å². The molecule has 664 valence electrons. The van der Waals surface area contributed by atoms with Gasteiger partial charge in [-0.15, -0.1) is 0 Å². The molecule has 0 radical (unpaired) electrons. The third-order valence-electron chi connectivity index (χ3n) is 20.2. The predicted octanol–water partition coefficient (Wildman–Crippen LogP) is 15.3. The van der Waals surface area contributed by atoms with Gasteiger partial charge in [0, 0.05) is 51.6 Å². The maximum Gasteiger partial charge on any atom is 1.00 e. The molecule has 22 nitrogen and oxygen atoms in total. The van der Waals surface area contributed by atoms with Crippen molar-refractivity contribution in [1.82, 2.24) is 21.3 Å². The summed E-state index contributed by atoms with van der Waals surface area (Å²) in [5, 5.41) is 10.6. The van der Waals surface area contributed by atoms with Gasteiger partial charge in [-0.2, -0.15) is 0 Å². The number of hydrogen-bond donors (Lipinski definition) is 4. The molecule has 0 fully saturated rings. The normalized spacial score (nSPS) is 13.6. The predicted molar refractivity (Wildman–Crippen MR) is 455 cm³/mol. The van der Waals surface area contributed by atoms with Crippen molar-refractivity contribution < 1.29 is 144 Å². The first kappa shape index (κ1) is 118. The monoisotopic (exact) mass is 1690 g/mol. The van der Waals surface area contributed by atoms with Crippen LogP contribution in [-0.2, 0) is 74.9 Å². The third-order valence-corrected chi connectivity index (χ3v) is 22.2. The number of esters is 2. The summed E-state index contributed by atoms with van der Waals surface area (Å²) in [6.07, 6.45) is 66.3. The number of ether oxygens (including phenoxy) is 4. The maximum absolute atomic E-state index is 13.3. The Morgan fingerprint density at radius 2 is 0.574 bits per heavy atom. The number of nitrogens with one attached hydrogen (secondary N) is 4. The average molecular weight is 1690 g/mol. The molecular formula is C89H168N4Na2O18P2. The molecule has 0 spiro atoms. The molecule has 0 bridgehead atoms. The zero-order valence-corrected chi connectivity index (χ0v) is 80.4.